The number of anilines is 1. The number of aromatic nitrogens is 2. The Kier molecular flexibility index (Phi) is 4.97. The van der Waals surface area contributed by atoms with Crippen molar-refractivity contribution >= 4 is 45.9 Å². The average Bonchev–Trinajstić information content (AvgIpc) is 2.98. The molecule has 4 nitrogen and oxygen atoms in total. The summed E-state index contributed by atoms with van der Waals surface area (Å²) in [5.74, 6) is 0.471. The van der Waals surface area contributed by atoms with Crippen LogP contribution in [0.3, 0.4) is 0 Å². The third kappa shape index (κ3) is 3.92. The van der Waals surface area contributed by atoms with Gasteiger partial charge in [-0.2, -0.15) is 5.10 Å². The number of hydrogen-bond acceptors (Lipinski definition) is 2. The summed E-state index contributed by atoms with van der Waals surface area (Å²) in [7, 11) is 0. The van der Waals surface area contributed by atoms with E-state index < -0.39 is 0 Å². The zero-order chi connectivity index (χ0) is 16.2. The van der Waals surface area contributed by atoms with E-state index in [2.05, 4.69) is 33.0 Å². The predicted octanol–water partition coefficient (Wildman–Crippen LogP) is 4.44. The predicted molar refractivity (Wildman–Crippen MR) is 99.9 cm³/mol. The van der Waals surface area contributed by atoms with E-state index in [1.54, 1.807) is 35.1 Å². The zero-order valence-electron chi connectivity index (χ0n) is 12.0. The van der Waals surface area contributed by atoms with Crippen molar-refractivity contribution in [2.24, 2.45) is 0 Å². The van der Waals surface area contributed by atoms with Crippen LogP contribution < -0.4 is 5.32 Å². The molecule has 3 aromatic rings. The van der Waals surface area contributed by atoms with Crippen molar-refractivity contribution in [3.8, 4) is 0 Å². The Bertz CT molecular complexity index is 833. The lowest BCUT2D eigenvalue weighted by atomic mass is 10.2. The van der Waals surface area contributed by atoms with Gasteiger partial charge in [-0.05, 0) is 46.4 Å². The van der Waals surface area contributed by atoms with Crippen molar-refractivity contribution in [2.75, 3.05) is 5.32 Å². The molecule has 23 heavy (non-hydrogen) atoms. The second kappa shape index (κ2) is 7.14. The van der Waals surface area contributed by atoms with Gasteiger partial charge in [0.25, 0.3) is 5.91 Å². The minimum Gasteiger partial charge on any atom is -0.307 e. The highest BCUT2D eigenvalue weighted by atomic mass is 127. The number of carbonyl (C=O) groups excluding carboxylic acids is 1. The molecule has 1 amide bonds. The van der Waals surface area contributed by atoms with Gasteiger partial charge >= 0.3 is 0 Å². The monoisotopic (exact) mass is 437 g/mol. The van der Waals surface area contributed by atoms with E-state index in [1.165, 1.54) is 0 Å². The van der Waals surface area contributed by atoms with Crippen LogP contribution in [-0.4, -0.2) is 15.7 Å². The van der Waals surface area contributed by atoms with Crippen LogP contribution in [0, 0.1) is 3.57 Å². The Labute approximate surface area is 152 Å². The van der Waals surface area contributed by atoms with Crippen LogP contribution in [0.4, 0.5) is 5.82 Å². The Hall–Kier alpha value is -1.86. The number of carbonyl (C=O) groups is 1. The number of benzene rings is 2. The minimum absolute atomic E-state index is 0.186. The molecule has 0 atom stereocenters. The zero-order valence-corrected chi connectivity index (χ0v) is 15.0. The van der Waals surface area contributed by atoms with Gasteiger partial charge in [0.1, 0.15) is 5.82 Å². The molecule has 0 radical (unpaired) electrons. The van der Waals surface area contributed by atoms with Gasteiger partial charge < -0.3 is 5.32 Å². The SMILES string of the molecule is O=C(Nc1ccnn1Cc1ccccc1)c1ccc(Cl)c(I)c1. The van der Waals surface area contributed by atoms with Gasteiger partial charge in [-0.3, -0.25) is 4.79 Å². The van der Waals surface area contributed by atoms with E-state index in [9.17, 15) is 4.79 Å². The Balaban J connectivity index is 1.77. The molecule has 0 aliphatic carbocycles. The van der Waals surface area contributed by atoms with Gasteiger partial charge in [0.05, 0.1) is 17.8 Å². The van der Waals surface area contributed by atoms with Crippen LogP contribution in [0.2, 0.25) is 5.02 Å². The van der Waals surface area contributed by atoms with Crippen LogP contribution in [0.1, 0.15) is 15.9 Å². The Morgan fingerprint density at radius 3 is 2.70 bits per heavy atom. The molecular weight excluding hydrogens is 425 g/mol. The molecule has 2 aromatic carbocycles. The lowest BCUT2D eigenvalue weighted by Crippen LogP contribution is -2.16. The molecule has 0 aliphatic rings. The molecule has 0 unspecified atom stereocenters. The largest absolute Gasteiger partial charge is 0.307 e. The van der Waals surface area contributed by atoms with Crippen LogP contribution in [0.25, 0.3) is 0 Å². The molecule has 116 valence electrons. The maximum Gasteiger partial charge on any atom is 0.256 e. The first-order valence-corrected chi connectivity index (χ1v) is 8.41. The maximum absolute atomic E-state index is 12.4. The number of hydrogen-bond donors (Lipinski definition) is 1. The third-order valence-corrected chi connectivity index (χ3v) is 4.86. The van der Waals surface area contributed by atoms with E-state index in [-0.39, 0.29) is 5.91 Å². The van der Waals surface area contributed by atoms with E-state index in [0.29, 0.717) is 22.9 Å². The van der Waals surface area contributed by atoms with Gasteiger partial charge in [0.15, 0.2) is 0 Å². The quantitative estimate of drug-likeness (QED) is 0.613. The fourth-order valence-corrected chi connectivity index (χ4v) is 2.78. The van der Waals surface area contributed by atoms with E-state index in [4.69, 9.17) is 11.6 Å². The summed E-state index contributed by atoms with van der Waals surface area (Å²) in [4.78, 5) is 12.4. The van der Waals surface area contributed by atoms with Crippen molar-refractivity contribution < 1.29 is 4.79 Å². The summed E-state index contributed by atoms with van der Waals surface area (Å²) in [6, 6.07) is 16.9. The van der Waals surface area contributed by atoms with Gasteiger partial charge in [-0.15, -0.1) is 0 Å². The number of halogens is 2. The molecule has 1 heterocycles. The molecular formula is C17H13ClIN3O. The molecule has 1 N–H and O–H groups in total. The summed E-state index contributed by atoms with van der Waals surface area (Å²) in [5, 5.41) is 7.79. The number of amides is 1. The first-order valence-electron chi connectivity index (χ1n) is 6.95. The normalized spacial score (nSPS) is 10.5. The topological polar surface area (TPSA) is 46.9 Å². The molecule has 0 fully saturated rings. The van der Waals surface area contributed by atoms with Gasteiger partial charge in [-0.1, -0.05) is 41.9 Å². The third-order valence-electron chi connectivity index (χ3n) is 3.32. The summed E-state index contributed by atoms with van der Waals surface area (Å²) < 4.78 is 2.60. The molecule has 0 bridgehead atoms. The molecule has 6 heteroatoms. The highest BCUT2D eigenvalue weighted by Gasteiger charge is 2.11. The van der Waals surface area contributed by atoms with Gasteiger partial charge in [-0.25, -0.2) is 4.68 Å². The Morgan fingerprint density at radius 1 is 1.17 bits per heavy atom. The first kappa shape index (κ1) is 16.0. The first-order chi connectivity index (χ1) is 11.1. The second-order valence-corrected chi connectivity index (χ2v) is 6.51. The molecule has 3 rings (SSSR count). The van der Waals surface area contributed by atoms with Crippen molar-refractivity contribution in [1.29, 1.82) is 0 Å². The van der Waals surface area contributed by atoms with Crippen LogP contribution in [0.15, 0.2) is 60.8 Å². The second-order valence-electron chi connectivity index (χ2n) is 4.94. The van der Waals surface area contributed by atoms with Crippen LogP contribution in [0.5, 0.6) is 0 Å². The van der Waals surface area contributed by atoms with Crippen LogP contribution >= 0.6 is 34.2 Å². The fourth-order valence-electron chi connectivity index (χ4n) is 2.15. The highest BCUT2D eigenvalue weighted by Crippen LogP contribution is 2.20. The molecule has 0 aliphatic heterocycles. The number of nitrogens with one attached hydrogen (secondary N) is 1. The minimum atomic E-state index is -0.186. The number of rotatable bonds is 4. The fraction of sp³-hybridized carbons (Fsp3) is 0.0588. The van der Waals surface area contributed by atoms with Crippen molar-refractivity contribution in [2.45, 2.75) is 6.54 Å². The van der Waals surface area contributed by atoms with E-state index in [0.717, 1.165) is 9.13 Å². The van der Waals surface area contributed by atoms with E-state index in [1.807, 2.05) is 30.3 Å². The smallest absolute Gasteiger partial charge is 0.256 e. The van der Waals surface area contributed by atoms with Crippen molar-refractivity contribution in [3.63, 3.8) is 0 Å². The van der Waals surface area contributed by atoms with E-state index >= 15 is 0 Å². The highest BCUT2D eigenvalue weighted by molar-refractivity contribution is 14.1. The van der Waals surface area contributed by atoms with Gasteiger partial charge in [0.2, 0.25) is 0 Å². The summed E-state index contributed by atoms with van der Waals surface area (Å²) in [6.07, 6.45) is 1.67. The lowest BCUT2D eigenvalue weighted by molar-refractivity contribution is 0.102. The standard InChI is InChI=1S/C17H13ClIN3O/c18-14-7-6-13(10-15(14)19)17(23)21-16-8-9-20-22(16)11-12-4-2-1-3-5-12/h1-10H,11H2,(H,21,23). The van der Waals surface area contributed by atoms with Gasteiger partial charge in [0, 0.05) is 15.2 Å². The Morgan fingerprint density at radius 2 is 1.96 bits per heavy atom. The summed E-state index contributed by atoms with van der Waals surface area (Å²) in [5.41, 5.74) is 1.68. The molecule has 0 spiro atoms. The molecule has 0 saturated heterocycles. The molecule has 0 saturated carbocycles. The van der Waals surface area contributed by atoms with Crippen molar-refractivity contribution in [3.05, 3.63) is 80.5 Å². The summed E-state index contributed by atoms with van der Waals surface area (Å²) in [6.45, 7) is 0.599. The summed E-state index contributed by atoms with van der Waals surface area (Å²) >= 11 is 8.10. The lowest BCUT2D eigenvalue weighted by Gasteiger charge is -2.09. The average molecular weight is 438 g/mol. The number of nitrogens with zero attached hydrogens (tertiary/aromatic N) is 2. The van der Waals surface area contributed by atoms with Crippen molar-refractivity contribution in [1.82, 2.24) is 9.78 Å². The van der Waals surface area contributed by atoms with Crippen LogP contribution in [-0.2, 0) is 6.54 Å². The molecule has 1 aromatic heterocycles. The maximum atomic E-state index is 12.4.